The van der Waals surface area contributed by atoms with E-state index in [1.807, 2.05) is 30.3 Å². The van der Waals surface area contributed by atoms with Crippen LogP contribution in [0.4, 0.5) is 0 Å². The van der Waals surface area contributed by atoms with E-state index in [1.165, 1.54) is 6.21 Å². The standard InChI is InChI=1S/C12H10ClN3OS/c13-10-4-2-1-3-9(10)11-6-5-8(17-11)7-15-16-12(14)18/h1-7H,(H3,14,16,18). The van der Waals surface area contributed by atoms with E-state index in [1.54, 1.807) is 6.07 Å². The average molecular weight is 280 g/mol. The van der Waals surface area contributed by atoms with Gasteiger partial charge in [-0.1, -0.05) is 23.7 Å². The summed E-state index contributed by atoms with van der Waals surface area (Å²) < 4.78 is 5.57. The predicted octanol–water partition coefficient (Wildman–Crippen LogP) is 2.77. The van der Waals surface area contributed by atoms with E-state index in [0.29, 0.717) is 16.5 Å². The molecule has 3 N–H and O–H groups in total. The van der Waals surface area contributed by atoms with Gasteiger partial charge in [0.2, 0.25) is 0 Å². The Balaban J connectivity index is 2.18. The molecule has 0 fully saturated rings. The molecule has 0 saturated carbocycles. The number of nitrogens with one attached hydrogen (secondary N) is 1. The number of hydrazone groups is 1. The van der Waals surface area contributed by atoms with Crippen molar-refractivity contribution in [2.75, 3.05) is 0 Å². The molecular formula is C12H10ClN3OS. The van der Waals surface area contributed by atoms with Crippen LogP contribution in [0.25, 0.3) is 11.3 Å². The molecule has 4 nitrogen and oxygen atoms in total. The Bertz CT molecular complexity index is 595. The Morgan fingerprint density at radius 1 is 1.33 bits per heavy atom. The molecule has 0 aliphatic rings. The molecule has 0 bridgehead atoms. The summed E-state index contributed by atoms with van der Waals surface area (Å²) in [5, 5.41) is 4.54. The van der Waals surface area contributed by atoms with Gasteiger partial charge in [0.25, 0.3) is 0 Å². The summed E-state index contributed by atoms with van der Waals surface area (Å²) >= 11 is 10.7. The van der Waals surface area contributed by atoms with Gasteiger partial charge in [-0.15, -0.1) is 0 Å². The van der Waals surface area contributed by atoms with Crippen LogP contribution in [0.15, 0.2) is 45.9 Å². The number of nitrogens with two attached hydrogens (primary N) is 1. The van der Waals surface area contributed by atoms with Crippen LogP contribution in [0.1, 0.15) is 5.76 Å². The van der Waals surface area contributed by atoms with Crippen LogP contribution in [-0.2, 0) is 0 Å². The van der Waals surface area contributed by atoms with Gasteiger partial charge in [0.1, 0.15) is 11.5 Å². The van der Waals surface area contributed by atoms with Crippen molar-refractivity contribution >= 4 is 35.1 Å². The van der Waals surface area contributed by atoms with Crippen molar-refractivity contribution in [2.24, 2.45) is 10.8 Å². The number of thiocarbonyl (C=S) groups is 1. The van der Waals surface area contributed by atoms with Crippen molar-refractivity contribution in [3.63, 3.8) is 0 Å². The zero-order valence-electron chi connectivity index (χ0n) is 9.26. The highest BCUT2D eigenvalue weighted by molar-refractivity contribution is 7.80. The molecule has 92 valence electrons. The number of nitrogens with zero attached hydrogens (tertiary/aromatic N) is 1. The van der Waals surface area contributed by atoms with Crippen molar-refractivity contribution in [3.05, 3.63) is 47.2 Å². The van der Waals surface area contributed by atoms with Gasteiger partial charge in [-0.2, -0.15) is 5.10 Å². The SMILES string of the molecule is NC(=S)NN=Cc1ccc(-c2ccccc2Cl)o1. The Morgan fingerprint density at radius 3 is 2.83 bits per heavy atom. The van der Waals surface area contributed by atoms with E-state index >= 15 is 0 Å². The molecule has 6 heteroatoms. The lowest BCUT2D eigenvalue weighted by molar-refractivity contribution is 0.574. The molecular weight excluding hydrogens is 270 g/mol. The number of hydrogen-bond donors (Lipinski definition) is 2. The van der Waals surface area contributed by atoms with Crippen LogP contribution in [0.2, 0.25) is 5.02 Å². The highest BCUT2D eigenvalue weighted by atomic mass is 35.5. The fourth-order valence-electron chi connectivity index (χ4n) is 1.39. The van der Waals surface area contributed by atoms with E-state index in [2.05, 4.69) is 22.7 Å². The number of halogens is 1. The van der Waals surface area contributed by atoms with E-state index < -0.39 is 0 Å². The minimum absolute atomic E-state index is 0.101. The lowest BCUT2D eigenvalue weighted by atomic mass is 10.2. The van der Waals surface area contributed by atoms with Crippen LogP contribution in [0.5, 0.6) is 0 Å². The normalized spacial score (nSPS) is 10.7. The van der Waals surface area contributed by atoms with Crippen molar-refractivity contribution < 1.29 is 4.42 Å². The minimum Gasteiger partial charge on any atom is -0.455 e. The summed E-state index contributed by atoms with van der Waals surface area (Å²) in [6.45, 7) is 0. The van der Waals surface area contributed by atoms with Gasteiger partial charge in [-0.3, -0.25) is 5.43 Å². The molecule has 0 radical (unpaired) electrons. The van der Waals surface area contributed by atoms with Gasteiger partial charge < -0.3 is 10.2 Å². The maximum atomic E-state index is 6.07. The van der Waals surface area contributed by atoms with Gasteiger partial charge >= 0.3 is 0 Å². The second-order valence-corrected chi connectivity index (χ2v) is 4.26. The smallest absolute Gasteiger partial charge is 0.184 e. The van der Waals surface area contributed by atoms with E-state index in [9.17, 15) is 0 Å². The fourth-order valence-corrected chi connectivity index (χ4v) is 1.67. The number of furan rings is 1. The third-order valence-corrected chi connectivity index (χ3v) is 2.55. The third-order valence-electron chi connectivity index (χ3n) is 2.13. The second kappa shape index (κ2) is 5.66. The lowest BCUT2D eigenvalue weighted by Gasteiger charge is -1.98. The molecule has 0 atom stereocenters. The molecule has 0 spiro atoms. The van der Waals surface area contributed by atoms with E-state index in [4.69, 9.17) is 21.8 Å². The van der Waals surface area contributed by atoms with Crippen LogP contribution in [0, 0.1) is 0 Å². The number of hydrogen-bond acceptors (Lipinski definition) is 3. The first kappa shape index (κ1) is 12.6. The van der Waals surface area contributed by atoms with Gasteiger partial charge in [-0.05, 0) is 36.5 Å². The molecule has 0 saturated heterocycles. The van der Waals surface area contributed by atoms with Crippen molar-refractivity contribution in [2.45, 2.75) is 0 Å². The van der Waals surface area contributed by atoms with Crippen LogP contribution < -0.4 is 11.2 Å². The van der Waals surface area contributed by atoms with Crippen molar-refractivity contribution in [3.8, 4) is 11.3 Å². The van der Waals surface area contributed by atoms with Gasteiger partial charge in [0.15, 0.2) is 5.11 Å². The van der Waals surface area contributed by atoms with Gasteiger partial charge in [-0.25, -0.2) is 0 Å². The maximum absolute atomic E-state index is 6.07. The van der Waals surface area contributed by atoms with E-state index in [0.717, 1.165) is 5.56 Å². The summed E-state index contributed by atoms with van der Waals surface area (Å²) in [5.74, 6) is 1.26. The zero-order valence-corrected chi connectivity index (χ0v) is 10.8. The number of benzene rings is 1. The van der Waals surface area contributed by atoms with Crippen molar-refractivity contribution in [1.29, 1.82) is 0 Å². The number of rotatable bonds is 3. The van der Waals surface area contributed by atoms with Crippen LogP contribution >= 0.6 is 23.8 Å². The molecule has 0 unspecified atom stereocenters. The molecule has 0 amide bonds. The summed E-state index contributed by atoms with van der Waals surface area (Å²) in [6, 6.07) is 11.1. The lowest BCUT2D eigenvalue weighted by Crippen LogP contribution is -2.23. The molecule has 1 aromatic carbocycles. The van der Waals surface area contributed by atoms with Crippen LogP contribution in [0.3, 0.4) is 0 Å². The molecule has 18 heavy (non-hydrogen) atoms. The van der Waals surface area contributed by atoms with Gasteiger partial charge in [0.05, 0.1) is 11.2 Å². The summed E-state index contributed by atoms with van der Waals surface area (Å²) in [4.78, 5) is 0. The average Bonchev–Trinajstić information content (AvgIpc) is 2.78. The predicted molar refractivity (Wildman–Crippen MR) is 76.7 cm³/mol. The van der Waals surface area contributed by atoms with Crippen LogP contribution in [-0.4, -0.2) is 11.3 Å². The Kier molecular flexibility index (Phi) is 3.96. The Labute approximate surface area is 114 Å². The molecule has 0 aliphatic carbocycles. The molecule has 2 aromatic rings. The molecule has 1 heterocycles. The molecule has 2 rings (SSSR count). The Hall–Kier alpha value is -1.85. The van der Waals surface area contributed by atoms with Crippen molar-refractivity contribution in [1.82, 2.24) is 5.43 Å². The maximum Gasteiger partial charge on any atom is 0.184 e. The highest BCUT2D eigenvalue weighted by Crippen LogP contribution is 2.28. The monoisotopic (exact) mass is 279 g/mol. The summed E-state index contributed by atoms with van der Waals surface area (Å²) in [5.41, 5.74) is 8.51. The minimum atomic E-state index is 0.101. The molecule has 1 aromatic heterocycles. The quantitative estimate of drug-likeness (QED) is 0.515. The zero-order chi connectivity index (χ0) is 13.0. The molecule has 0 aliphatic heterocycles. The second-order valence-electron chi connectivity index (χ2n) is 3.42. The first-order chi connectivity index (χ1) is 8.66. The summed E-state index contributed by atoms with van der Waals surface area (Å²) in [6.07, 6.45) is 1.49. The largest absolute Gasteiger partial charge is 0.455 e. The van der Waals surface area contributed by atoms with Gasteiger partial charge in [0, 0.05) is 5.56 Å². The fraction of sp³-hybridized carbons (Fsp3) is 0. The highest BCUT2D eigenvalue weighted by Gasteiger charge is 2.06. The Morgan fingerprint density at radius 2 is 2.11 bits per heavy atom. The third kappa shape index (κ3) is 3.09. The van der Waals surface area contributed by atoms with E-state index in [-0.39, 0.29) is 5.11 Å². The topological polar surface area (TPSA) is 63.5 Å². The summed E-state index contributed by atoms with van der Waals surface area (Å²) in [7, 11) is 0. The first-order valence-electron chi connectivity index (χ1n) is 5.10. The first-order valence-corrected chi connectivity index (χ1v) is 5.88.